The van der Waals surface area contributed by atoms with E-state index in [-0.39, 0.29) is 18.0 Å². The lowest BCUT2D eigenvalue weighted by atomic mass is 9.94. The quantitative estimate of drug-likeness (QED) is 0.337. The van der Waals surface area contributed by atoms with Gasteiger partial charge in [0.25, 0.3) is 0 Å². The van der Waals surface area contributed by atoms with Crippen LogP contribution in [0.2, 0.25) is 0 Å². The largest absolute Gasteiger partial charge is 0.494 e. The zero-order valence-corrected chi connectivity index (χ0v) is 23.5. The number of carbonyl (C=O) groups excluding carboxylic acids is 1. The number of nitrogens with one attached hydrogen (secondary N) is 2. The number of carbonyl (C=O) groups is 1. The summed E-state index contributed by atoms with van der Waals surface area (Å²) in [5.74, 6) is 0.539. The number of rotatable bonds is 7. The monoisotopic (exact) mass is 531 g/mol. The molecule has 1 aromatic carbocycles. The van der Waals surface area contributed by atoms with Gasteiger partial charge in [0.15, 0.2) is 5.11 Å². The van der Waals surface area contributed by atoms with Crippen LogP contribution in [0.4, 0.5) is 11.4 Å². The van der Waals surface area contributed by atoms with Crippen LogP contribution in [0.1, 0.15) is 86.2 Å². The number of ether oxygens (including phenoxy) is 1. The van der Waals surface area contributed by atoms with Crippen LogP contribution >= 0.6 is 12.2 Å². The van der Waals surface area contributed by atoms with E-state index in [0.29, 0.717) is 29.0 Å². The van der Waals surface area contributed by atoms with Crippen molar-refractivity contribution in [2.24, 2.45) is 0 Å². The van der Waals surface area contributed by atoms with Gasteiger partial charge in [-0.25, -0.2) is 0 Å². The van der Waals surface area contributed by atoms with Gasteiger partial charge in [0.2, 0.25) is 5.91 Å². The second kappa shape index (κ2) is 11.2. The van der Waals surface area contributed by atoms with Crippen LogP contribution in [-0.4, -0.2) is 27.7 Å². The predicted molar refractivity (Wildman–Crippen MR) is 156 cm³/mol. The Morgan fingerprint density at radius 2 is 1.95 bits per heavy atom. The summed E-state index contributed by atoms with van der Waals surface area (Å²) in [6, 6.07) is 14.5. The number of methoxy groups -OCH3 is 1. The molecule has 1 saturated carbocycles. The van der Waals surface area contributed by atoms with Crippen LogP contribution in [-0.2, 0) is 4.79 Å². The Hall–Kier alpha value is -3.39. The third-order valence-electron chi connectivity index (χ3n) is 7.94. The van der Waals surface area contributed by atoms with Gasteiger partial charge < -0.3 is 24.8 Å². The van der Waals surface area contributed by atoms with Crippen LogP contribution in [0.25, 0.3) is 0 Å². The van der Waals surface area contributed by atoms with E-state index in [2.05, 4.69) is 46.1 Å². The third-order valence-corrected chi connectivity index (χ3v) is 8.25. The molecule has 0 bridgehead atoms. The summed E-state index contributed by atoms with van der Waals surface area (Å²) < 4.78 is 8.23. The highest BCUT2D eigenvalue weighted by molar-refractivity contribution is 7.80. The average Bonchev–Trinajstić information content (AvgIpc) is 3.44. The highest BCUT2D eigenvalue weighted by Gasteiger charge is 2.42. The first-order valence-electron chi connectivity index (χ1n) is 13.6. The van der Waals surface area contributed by atoms with Crippen molar-refractivity contribution in [2.45, 2.75) is 77.4 Å². The lowest BCUT2D eigenvalue weighted by molar-refractivity contribution is -0.115. The van der Waals surface area contributed by atoms with Crippen LogP contribution in [0.15, 0.2) is 48.7 Å². The molecule has 8 heteroatoms. The number of pyridine rings is 1. The first kappa shape index (κ1) is 26.2. The maximum Gasteiger partial charge on any atom is 0.224 e. The minimum atomic E-state index is -0.116. The van der Waals surface area contributed by atoms with E-state index >= 15 is 0 Å². The molecule has 1 amide bonds. The van der Waals surface area contributed by atoms with Crippen molar-refractivity contribution < 1.29 is 9.53 Å². The van der Waals surface area contributed by atoms with Gasteiger partial charge in [-0.2, -0.15) is 0 Å². The van der Waals surface area contributed by atoms with E-state index in [0.717, 1.165) is 11.4 Å². The SMILES string of the molecule is CCC(=O)Nc1ccc(N2C(=S)N[C@@H](c3ccccn3)[C@H]2c2cc(C)n(C3CCCCC3)c2C)cc1OC. The number of thiocarbonyl (C=S) groups is 1. The Balaban J connectivity index is 1.60. The first-order valence-corrected chi connectivity index (χ1v) is 14.0. The first-order chi connectivity index (χ1) is 18.4. The van der Waals surface area contributed by atoms with E-state index in [4.69, 9.17) is 21.9 Å². The Labute approximate surface area is 230 Å². The summed E-state index contributed by atoms with van der Waals surface area (Å²) in [7, 11) is 1.62. The van der Waals surface area contributed by atoms with Gasteiger partial charge in [0.1, 0.15) is 5.75 Å². The Morgan fingerprint density at radius 3 is 2.63 bits per heavy atom. The molecule has 38 heavy (non-hydrogen) atoms. The molecule has 7 nitrogen and oxygen atoms in total. The van der Waals surface area contributed by atoms with Crippen molar-refractivity contribution in [3.63, 3.8) is 0 Å². The summed E-state index contributed by atoms with van der Waals surface area (Å²) >= 11 is 5.96. The molecular formula is C30H37N5O2S. The molecular weight excluding hydrogens is 494 g/mol. The summed E-state index contributed by atoms with van der Waals surface area (Å²) in [4.78, 5) is 19.0. The molecule has 200 valence electrons. The van der Waals surface area contributed by atoms with E-state index in [1.807, 2.05) is 43.5 Å². The molecule has 2 aliphatic rings. The lowest BCUT2D eigenvalue weighted by Gasteiger charge is -2.30. The number of anilines is 2. The second-order valence-corrected chi connectivity index (χ2v) is 10.7. The fourth-order valence-corrected chi connectivity index (χ4v) is 6.47. The normalized spacial score (nSPS) is 19.9. The molecule has 0 spiro atoms. The van der Waals surface area contributed by atoms with Gasteiger partial charge in [-0.15, -0.1) is 0 Å². The van der Waals surface area contributed by atoms with E-state index in [9.17, 15) is 4.79 Å². The van der Waals surface area contributed by atoms with Gasteiger partial charge in [-0.3, -0.25) is 9.78 Å². The van der Waals surface area contributed by atoms with E-state index in [1.165, 1.54) is 49.1 Å². The van der Waals surface area contributed by atoms with Gasteiger partial charge >= 0.3 is 0 Å². The molecule has 0 radical (unpaired) electrons. The van der Waals surface area contributed by atoms with E-state index < -0.39 is 0 Å². The predicted octanol–water partition coefficient (Wildman–Crippen LogP) is 6.54. The van der Waals surface area contributed by atoms with Crippen molar-refractivity contribution in [3.05, 3.63) is 71.3 Å². The maximum absolute atomic E-state index is 12.1. The number of aromatic nitrogens is 2. The minimum absolute atomic E-state index is 0.0577. The molecule has 3 aromatic rings. The summed E-state index contributed by atoms with van der Waals surface area (Å²) in [6.07, 6.45) is 8.59. The zero-order chi connectivity index (χ0) is 26.8. The van der Waals surface area contributed by atoms with Crippen LogP contribution in [0.3, 0.4) is 0 Å². The number of aryl methyl sites for hydroxylation is 1. The van der Waals surface area contributed by atoms with Crippen LogP contribution in [0, 0.1) is 13.8 Å². The number of hydrogen-bond acceptors (Lipinski definition) is 4. The van der Waals surface area contributed by atoms with Gasteiger partial charge in [0.05, 0.1) is 30.6 Å². The number of hydrogen-bond donors (Lipinski definition) is 2. The van der Waals surface area contributed by atoms with Crippen molar-refractivity contribution in [3.8, 4) is 5.75 Å². The van der Waals surface area contributed by atoms with Gasteiger partial charge in [0, 0.05) is 41.8 Å². The highest BCUT2D eigenvalue weighted by atomic mass is 32.1. The summed E-state index contributed by atoms with van der Waals surface area (Å²) in [6.45, 7) is 6.30. The fourth-order valence-electron chi connectivity index (χ4n) is 6.12. The molecule has 2 aromatic heterocycles. The minimum Gasteiger partial charge on any atom is -0.494 e. The van der Waals surface area contributed by atoms with Crippen LogP contribution in [0.5, 0.6) is 5.75 Å². The molecule has 2 N–H and O–H groups in total. The topological polar surface area (TPSA) is 71.4 Å². The molecule has 2 atom stereocenters. The number of nitrogens with zero attached hydrogens (tertiary/aromatic N) is 3. The van der Waals surface area contributed by atoms with Gasteiger partial charge in [-0.1, -0.05) is 32.3 Å². The Kier molecular flexibility index (Phi) is 7.70. The summed E-state index contributed by atoms with van der Waals surface area (Å²) in [5, 5.41) is 7.14. The standard InChI is InChI=1S/C30H37N5O2S/c1-5-27(36)32-24-15-14-22(18-26(24)37-4)35-29(28(33-30(35)38)25-13-9-10-16-31-25)23-17-19(2)34(20(23)3)21-11-7-6-8-12-21/h9-10,13-18,21,28-29H,5-8,11-12H2,1-4H3,(H,32,36)(H,33,38)/t28-,29+/m0/s1. The second-order valence-electron chi connectivity index (χ2n) is 10.3. The van der Waals surface area contributed by atoms with Gasteiger partial charge in [-0.05, 0) is 74.8 Å². The lowest BCUT2D eigenvalue weighted by Crippen LogP contribution is -2.29. The highest BCUT2D eigenvalue weighted by Crippen LogP contribution is 2.45. The maximum atomic E-state index is 12.1. The molecule has 5 rings (SSSR count). The van der Waals surface area contributed by atoms with E-state index in [1.54, 1.807) is 7.11 Å². The van der Waals surface area contributed by atoms with Crippen molar-refractivity contribution in [1.29, 1.82) is 0 Å². The molecule has 3 heterocycles. The molecule has 1 saturated heterocycles. The average molecular weight is 532 g/mol. The van der Waals surface area contributed by atoms with Crippen molar-refractivity contribution >= 4 is 34.6 Å². The summed E-state index contributed by atoms with van der Waals surface area (Å²) in [5.41, 5.74) is 6.32. The Morgan fingerprint density at radius 1 is 1.16 bits per heavy atom. The number of benzene rings is 1. The molecule has 1 aliphatic heterocycles. The number of amides is 1. The molecule has 2 fully saturated rings. The Bertz CT molecular complexity index is 1320. The third kappa shape index (κ3) is 4.89. The fraction of sp³-hybridized carbons (Fsp3) is 0.433. The van der Waals surface area contributed by atoms with Crippen molar-refractivity contribution in [2.75, 3.05) is 17.3 Å². The smallest absolute Gasteiger partial charge is 0.224 e. The van der Waals surface area contributed by atoms with Crippen LogP contribution < -0.4 is 20.3 Å². The zero-order valence-electron chi connectivity index (χ0n) is 22.7. The molecule has 0 unspecified atom stereocenters. The van der Waals surface area contributed by atoms with Crippen molar-refractivity contribution in [1.82, 2.24) is 14.9 Å². The molecule has 1 aliphatic carbocycles.